The molecule has 2 aromatic heterocycles. The molecule has 1 aliphatic heterocycles. The van der Waals surface area contributed by atoms with E-state index in [0.717, 1.165) is 37.4 Å². The molecule has 1 saturated heterocycles. The van der Waals surface area contributed by atoms with Crippen LogP contribution in [0, 0.1) is 24.0 Å². The number of carbonyl (C=O) groups excluding carboxylic acids is 1. The lowest BCUT2D eigenvalue weighted by atomic mass is 10.2. The maximum atomic E-state index is 12.9. The highest BCUT2D eigenvalue weighted by atomic mass is 16.6. The summed E-state index contributed by atoms with van der Waals surface area (Å²) in [5, 5.41) is 15.8. The van der Waals surface area contributed by atoms with Gasteiger partial charge in [0.25, 0.3) is 5.91 Å². The minimum atomic E-state index is -0.476. The Morgan fingerprint density at radius 2 is 1.94 bits per heavy atom. The first-order valence-corrected chi connectivity index (χ1v) is 11.3. The first-order valence-electron chi connectivity index (χ1n) is 11.3. The Labute approximate surface area is 197 Å². The largest absolute Gasteiger partial charge is 0.479 e. The minimum Gasteiger partial charge on any atom is -0.479 e. The van der Waals surface area contributed by atoms with Crippen LogP contribution in [0.4, 0.5) is 5.69 Å². The molecule has 3 heterocycles. The van der Waals surface area contributed by atoms with E-state index in [2.05, 4.69) is 23.1 Å². The summed E-state index contributed by atoms with van der Waals surface area (Å²) in [7, 11) is 0. The van der Waals surface area contributed by atoms with Crippen LogP contribution in [0.25, 0.3) is 0 Å². The Kier molecular flexibility index (Phi) is 6.97. The van der Waals surface area contributed by atoms with Crippen LogP contribution >= 0.6 is 0 Å². The summed E-state index contributed by atoms with van der Waals surface area (Å²) in [5.41, 5.74) is 2.93. The van der Waals surface area contributed by atoms with Crippen LogP contribution in [0.2, 0.25) is 0 Å². The number of aromatic nitrogens is 2. The third-order valence-electron chi connectivity index (χ3n) is 5.98. The molecule has 3 aromatic rings. The molecule has 10 heteroatoms. The number of benzene rings is 1. The summed E-state index contributed by atoms with van der Waals surface area (Å²) in [5.74, 6) is 0.670. The fraction of sp³-hybridized carbons (Fsp3) is 0.417. The monoisotopic (exact) mass is 467 g/mol. The zero-order chi connectivity index (χ0) is 24.2. The van der Waals surface area contributed by atoms with Gasteiger partial charge in [0.1, 0.15) is 12.4 Å². The highest BCUT2D eigenvalue weighted by molar-refractivity contribution is 5.91. The van der Waals surface area contributed by atoms with E-state index in [9.17, 15) is 14.9 Å². The van der Waals surface area contributed by atoms with E-state index >= 15 is 0 Å². The lowest BCUT2D eigenvalue weighted by Gasteiger charge is -2.34. The molecule has 0 aliphatic carbocycles. The van der Waals surface area contributed by atoms with Crippen molar-refractivity contribution in [2.24, 2.45) is 0 Å². The van der Waals surface area contributed by atoms with Gasteiger partial charge in [0.05, 0.1) is 10.6 Å². The third kappa shape index (κ3) is 5.28. The Bertz CT molecular complexity index is 1180. The lowest BCUT2D eigenvalue weighted by Crippen LogP contribution is -2.48. The summed E-state index contributed by atoms with van der Waals surface area (Å²) < 4.78 is 13.2. The number of carbonyl (C=O) groups is 1. The zero-order valence-electron chi connectivity index (χ0n) is 19.7. The van der Waals surface area contributed by atoms with Gasteiger partial charge in [0.15, 0.2) is 11.5 Å². The van der Waals surface area contributed by atoms with E-state index < -0.39 is 4.92 Å². The van der Waals surface area contributed by atoms with Crippen LogP contribution in [-0.2, 0) is 19.7 Å². The molecule has 0 bridgehead atoms. The minimum absolute atomic E-state index is 0.00421. The quantitative estimate of drug-likeness (QED) is 0.368. The van der Waals surface area contributed by atoms with Crippen LogP contribution in [-0.4, -0.2) is 56.6 Å². The van der Waals surface area contributed by atoms with Gasteiger partial charge in [0, 0.05) is 57.1 Å². The average Bonchev–Trinajstić information content (AvgIpc) is 3.44. The molecule has 1 amide bonds. The molecule has 0 radical (unpaired) electrons. The number of furan rings is 1. The molecular formula is C24H29N5O5. The highest BCUT2D eigenvalue weighted by Crippen LogP contribution is 2.28. The number of ether oxygens (including phenoxy) is 1. The van der Waals surface area contributed by atoms with E-state index in [4.69, 9.17) is 9.15 Å². The number of nitro groups is 1. The smallest absolute Gasteiger partial charge is 0.311 e. The van der Waals surface area contributed by atoms with Crippen molar-refractivity contribution in [2.45, 2.75) is 40.5 Å². The summed E-state index contributed by atoms with van der Waals surface area (Å²) in [6.45, 7) is 10.3. The molecular weight excluding hydrogens is 438 g/mol. The van der Waals surface area contributed by atoms with Gasteiger partial charge in [0.2, 0.25) is 0 Å². The summed E-state index contributed by atoms with van der Waals surface area (Å²) in [4.78, 5) is 27.8. The first kappa shape index (κ1) is 23.5. The van der Waals surface area contributed by atoms with Gasteiger partial charge in [-0.2, -0.15) is 5.10 Å². The third-order valence-corrected chi connectivity index (χ3v) is 5.98. The average molecular weight is 468 g/mol. The molecule has 0 N–H and O–H groups in total. The van der Waals surface area contributed by atoms with Gasteiger partial charge in [-0.15, -0.1) is 0 Å². The SMILES string of the molecule is CCn1cc(CN2CCN(C(=O)c3ccc(COc4ccc(C)cc4[N+](=O)[O-])o3)CC2)c(C)n1. The zero-order valence-corrected chi connectivity index (χ0v) is 19.7. The van der Waals surface area contributed by atoms with E-state index in [0.29, 0.717) is 18.8 Å². The number of aryl methyl sites for hydroxylation is 3. The maximum absolute atomic E-state index is 12.9. The van der Waals surface area contributed by atoms with Crippen LogP contribution in [0.1, 0.15) is 40.1 Å². The Hall–Kier alpha value is -3.66. The number of hydrogen-bond donors (Lipinski definition) is 0. The van der Waals surface area contributed by atoms with Crippen molar-refractivity contribution in [3.05, 3.63) is 75.0 Å². The molecule has 0 atom stereocenters. The number of nitrogens with zero attached hydrogens (tertiary/aromatic N) is 5. The fourth-order valence-electron chi connectivity index (χ4n) is 3.99. The molecule has 0 spiro atoms. The molecule has 0 saturated carbocycles. The second kappa shape index (κ2) is 10.1. The standard InChI is InChI=1S/C24H29N5O5/c1-4-28-15-19(18(3)25-28)14-26-9-11-27(12-10-26)24(30)23-8-6-20(34-23)16-33-22-7-5-17(2)13-21(22)29(31)32/h5-8,13,15H,4,9-12,14,16H2,1-3H3. The molecule has 180 valence electrons. The summed E-state index contributed by atoms with van der Waals surface area (Å²) in [6.07, 6.45) is 2.09. The molecule has 10 nitrogen and oxygen atoms in total. The van der Waals surface area contributed by atoms with E-state index in [-0.39, 0.29) is 29.7 Å². The van der Waals surface area contributed by atoms with Gasteiger partial charge < -0.3 is 14.1 Å². The van der Waals surface area contributed by atoms with Crippen LogP contribution in [0.15, 0.2) is 40.9 Å². The number of nitro benzene ring substituents is 1. The molecule has 1 aromatic carbocycles. The van der Waals surface area contributed by atoms with E-state index in [1.54, 1.807) is 36.1 Å². The van der Waals surface area contributed by atoms with Crippen molar-refractivity contribution in [2.75, 3.05) is 26.2 Å². The summed E-state index contributed by atoms with van der Waals surface area (Å²) in [6, 6.07) is 8.06. The van der Waals surface area contributed by atoms with Gasteiger partial charge in [-0.25, -0.2) is 0 Å². The van der Waals surface area contributed by atoms with Crippen molar-refractivity contribution >= 4 is 11.6 Å². The molecule has 34 heavy (non-hydrogen) atoms. The predicted octanol–water partition coefficient (Wildman–Crippen LogP) is 3.56. The lowest BCUT2D eigenvalue weighted by molar-refractivity contribution is -0.386. The normalized spacial score (nSPS) is 14.4. The Morgan fingerprint density at radius 1 is 1.18 bits per heavy atom. The van der Waals surface area contributed by atoms with Gasteiger partial charge in [-0.1, -0.05) is 6.07 Å². The molecule has 4 rings (SSSR count). The van der Waals surface area contributed by atoms with Crippen molar-refractivity contribution in [3.63, 3.8) is 0 Å². The van der Waals surface area contributed by atoms with Crippen molar-refractivity contribution in [1.29, 1.82) is 0 Å². The maximum Gasteiger partial charge on any atom is 0.311 e. The van der Waals surface area contributed by atoms with Crippen LogP contribution < -0.4 is 4.74 Å². The number of rotatable bonds is 8. The second-order valence-corrected chi connectivity index (χ2v) is 8.45. The number of amides is 1. The van der Waals surface area contributed by atoms with E-state index in [1.165, 1.54) is 11.6 Å². The van der Waals surface area contributed by atoms with Crippen molar-refractivity contribution in [3.8, 4) is 5.75 Å². The molecule has 0 unspecified atom stereocenters. The fourth-order valence-corrected chi connectivity index (χ4v) is 3.99. The molecule has 1 aliphatic rings. The first-order chi connectivity index (χ1) is 16.3. The molecule has 1 fully saturated rings. The van der Waals surface area contributed by atoms with Crippen LogP contribution in [0.5, 0.6) is 5.75 Å². The van der Waals surface area contributed by atoms with Gasteiger partial charge in [-0.3, -0.25) is 24.5 Å². The highest BCUT2D eigenvalue weighted by Gasteiger charge is 2.25. The number of piperazine rings is 1. The van der Waals surface area contributed by atoms with Crippen molar-refractivity contribution in [1.82, 2.24) is 19.6 Å². The second-order valence-electron chi connectivity index (χ2n) is 8.45. The van der Waals surface area contributed by atoms with E-state index in [1.807, 2.05) is 11.6 Å². The Morgan fingerprint density at radius 3 is 2.62 bits per heavy atom. The predicted molar refractivity (Wildman–Crippen MR) is 125 cm³/mol. The number of hydrogen-bond acceptors (Lipinski definition) is 7. The van der Waals surface area contributed by atoms with Gasteiger partial charge in [-0.05, 0) is 44.5 Å². The Balaban J connectivity index is 1.31. The van der Waals surface area contributed by atoms with Crippen LogP contribution in [0.3, 0.4) is 0 Å². The topological polar surface area (TPSA) is 107 Å². The summed E-state index contributed by atoms with van der Waals surface area (Å²) >= 11 is 0. The van der Waals surface area contributed by atoms with Crippen molar-refractivity contribution < 1.29 is 18.9 Å². The van der Waals surface area contributed by atoms with Gasteiger partial charge >= 0.3 is 5.69 Å².